The number of rotatable bonds is 0. The summed E-state index contributed by atoms with van der Waals surface area (Å²) in [4.78, 5) is 0. The summed E-state index contributed by atoms with van der Waals surface area (Å²) >= 11 is 0. The maximum atomic E-state index is 8.50. The molecule has 0 radical (unpaired) electrons. The maximum Gasteiger partial charge on any atom is 2.00 e. The molecule has 4 heteroatoms. The molecule has 0 unspecified atom stereocenters. The van der Waals surface area contributed by atoms with Crippen LogP contribution in [0.5, 0.6) is 0 Å². The molecule has 0 saturated carbocycles. The van der Waals surface area contributed by atoms with Gasteiger partial charge in [0.2, 0.25) is 0 Å². The smallest absolute Gasteiger partial charge is 1.00 e. The largest absolute Gasteiger partial charge is 2.00 e. The summed E-state index contributed by atoms with van der Waals surface area (Å²) in [6.07, 6.45) is 0. The van der Waals surface area contributed by atoms with Crippen LogP contribution in [0.2, 0.25) is 0 Å². The number of halogens is 1. The second-order valence-corrected chi connectivity index (χ2v) is 0. The van der Waals surface area contributed by atoms with Crippen LogP contribution in [0.1, 0.15) is 2.85 Å². The van der Waals surface area contributed by atoms with Gasteiger partial charge in [0, 0.05) is 0 Å². The summed E-state index contributed by atoms with van der Waals surface area (Å²) < 4.78 is 8.50. The molecule has 0 aliphatic carbocycles. The topological polar surface area (TPSA) is 20.2 Å². The van der Waals surface area contributed by atoms with E-state index in [-0.39, 0.29) is 65.7 Å². The van der Waals surface area contributed by atoms with E-state index in [0.717, 1.165) is 0 Å². The molecule has 0 fully saturated rings. The van der Waals surface area contributed by atoms with Crippen molar-refractivity contribution in [2.45, 2.75) is 0 Å². The first-order valence-corrected chi connectivity index (χ1v) is 0.169. The number of hydrogen-bond donors (Lipinski definition) is 1. The van der Waals surface area contributed by atoms with Crippen LogP contribution in [0, 0.1) is 0 Å². The molecule has 0 atom stereocenters. The van der Waals surface area contributed by atoms with Gasteiger partial charge in [-0.2, -0.15) is 0 Å². The molecule has 4 heavy (non-hydrogen) atoms. The predicted molar refractivity (Wildman–Crippen MR) is 21.2 cm³/mol. The fourth-order valence-electron chi connectivity index (χ4n) is 0. The summed E-state index contributed by atoms with van der Waals surface area (Å²) in [7, 11) is 0. The van der Waals surface area contributed by atoms with Crippen molar-refractivity contribution in [3.63, 3.8) is 0 Å². The van der Waals surface area contributed by atoms with E-state index in [1.807, 2.05) is 0 Å². The molecule has 1 nitrogen and oxygen atoms in total. The Morgan fingerprint density at radius 3 is 1.50 bits per heavy atom. The van der Waals surface area contributed by atoms with E-state index in [0.29, 0.717) is 0 Å². The summed E-state index contributed by atoms with van der Waals surface area (Å²) in [6, 6.07) is 0. The normalized spacial score (nSPS) is 1.50. The van der Waals surface area contributed by atoms with Crippen LogP contribution in [0.25, 0.3) is 0 Å². The van der Waals surface area contributed by atoms with Crippen LogP contribution in [0.4, 0.5) is 4.53 Å². The Balaban J connectivity index is -0.000000000833. The third kappa shape index (κ3) is 9.08. The van der Waals surface area contributed by atoms with Gasteiger partial charge < -0.3 is 2.85 Å². The molecule has 0 saturated heterocycles. The minimum absolute atomic E-state index is 0. The van der Waals surface area contributed by atoms with Gasteiger partial charge in [-0.1, -0.05) is 4.53 Å². The van der Waals surface area contributed by atoms with Crippen molar-refractivity contribution in [2.75, 3.05) is 0 Å². The molecule has 0 bridgehead atoms. The molecule has 0 rings (SSSR count). The van der Waals surface area contributed by atoms with Crippen molar-refractivity contribution >= 4 is 62.8 Å². The van der Waals surface area contributed by atoms with Crippen LogP contribution in [0.3, 0.4) is 0 Å². The van der Waals surface area contributed by atoms with Gasteiger partial charge in [0.15, 0.2) is 17.4 Å². The van der Waals surface area contributed by atoms with Crippen LogP contribution < -0.4 is 0 Å². The van der Waals surface area contributed by atoms with Crippen LogP contribution in [-0.4, -0.2) is 68.2 Å². The summed E-state index contributed by atoms with van der Waals surface area (Å²) in [5, 5.41) is 5.50. The Labute approximate surface area is 74.5 Å². The van der Waals surface area contributed by atoms with E-state index in [1.54, 1.807) is 0 Å². The molecule has 0 aromatic rings. The van der Waals surface area contributed by atoms with Gasteiger partial charge in [-0.15, -0.1) is 0 Å². The standard InChI is InChI=1S/Al.FHO.Sr.5H/c;1-2;;;;;;/h;2H;;;;;;/q;;+2;;;;2*-1. The van der Waals surface area contributed by atoms with Gasteiger partial charge in [0.05, 0.1) is 0 Å². The minimum atomic E-state index is 0. The van der Waals surface area contributed by atoms with E-state index in [1.165, 1.54) is 0 Å². The molecule has 0 aromatic heterocycles. The molecule has 0 aliphatic heterocycles. The fourth-order valence-corrected chi connectivity index (χ4v) is 0. The van der Waals surface area contributed by atoms with Gasteiger partial charge in [-0.05, 0) is 0 Å². The number of hydrogen-bond acceptors (Lipinski definition) is 1. The second-order valence-electron chi connectivity index (χ2n) is 0. The molecule has 0 spiro atoms. The molecule has 0 heterocycles. The first-order chi connectivity index (χ1) is 1.00. The predicted octanol–water partition coefficient (Wildman–Crippen LogP) is -1.48. The van der Waals surface area contributed by atoms with Crippen molar-refractivity contribution < 1.29 is 12.7 Å². The minimum Gasteiger partial charge on any atom is -1.00 e. The van der Waals surface area contributed by atoms with Crippen molar-refractivity contribution in [1.82, 2.24) is 0 Å². The van der Waals surface area contributed by atoms with Crippen LogP contribution >= 0.6 is 0 Å². The maximum absolute atomic E-state index is 8.50. The average molecular weight is 156 g/mol. The quantitative estimate of drug-likeness (QED) is 0.424. The second kappa shape index (κ2) is 20.6. The Bertz CT molecular complexity index is 13.5. The van der Waals surface area contributed by atoms with E-state index in [9.17, 15) is 0 Å². The van der Waals surface area contributed by atoms with E-state index in [2.05, 4.69) is 0 Å². The van der Waals surface area contributed by atoms with Gasteiger partial charge in [-0.3, -0.25) is 0 Å². The molecule has 0 aliphatic rings. The third-order valence-electron chi connectivity index (χ3n) is 0. The monoisotopic (exact) mass is 156 g/mol. The van der Waals surface area contributed by atoms with Crippen molar-refractivity contribution in [2.24, 2.45) is 0 Å². The van der Waals surface area contributed by atoms with Crippen molar-refractivity contribution in [3.05, 3.63) is 0 Å². The van der Waals surface area contributed by atoms with E-state index in [4.69, 9.17) is 9.84 Å². The molecule has 0 aromatic carbocycles. The third-order valence-corrected chi connectivity index (χ3v) is 0. The van der Waals surface area contributed by atoms with E-state index < -0.39 is 0 Å². The summed E-state index contributed by atoms with van der Waals surface area (Å²) in [5.74, 6) is 0. The van der Waals surface area contributed by atoms with Crippen LogP contribution in [0.15, 0.2) is 0 Å². The molecule has 1 N–H and O–H groups in total. The van der Waals surface area contributed by atoms with Gasteiger partial charge in [-0.25, -0.2) is 5.31 Å². The average Bonchev–Trinajstić information content (AvgIpc) is 1.00. The molecule has 24 valence electrons. The molecular formula is H6AlFOSr. The van der Waals surface area contributed by atoms with Crippen molar-refractivity contribution in [3.8, 4) is 0 Å². The Kier molecular flexibility index (Phi) is 86.8. The van der Waals surface area contributed by atoms with Gasteiger partial charge >= 0.3 is 45.5 Å². The summed E-state index contributed by atoms with van der Waals surface area (Å²) in [5.41, 5.74) is 0. The first kappa shape index (κ1) is 16.8. The molecular weight excluding hydrogens is 150 g/mol. The molecule has 0 amide bonds. The zero-order valence-electron chi connectivity index (χ0n) is 3.53. The Morgan fingerprint density at radius 1 is 1.50 bits per heavy atom. The van der Waals surface area contributed by atoms with E-state index >= 15 is 0 Å². The summed E-state index contributed by atoms with van der Waals surface area (Å²) in [6.45, 7) is 0. The van der Waals surface area contributed by atoms with Gasteiger partial charge in [0.25, 0.3) is 0 Å². The fraction of sp³-hybridized carbons (Fsp3) is 0. The van der Waals surface area contributed by atoms with Crippen molar-refractivity contribution in [1.29, 1.82) is 0 Å². The zero-order valence-corrected chi connectivity index (χ0v) is 5.01. The SMILES string of the molecule is OF.[AlH3].[H-].[H-].[Sr+2]. The zero-order chi connectivity index (χ0) is 2.00. The van der Waals surface area contributed by atoms with Crippen LogP contribution in [-0.2, 0) is 0 Å². The Morgan fingerprint density at radius 2 is 1.50 bits per heavy atom. The van der Waals surface area contributed by atoms with Gasteiger partial charge in [0.1, 0.15) is 0 Å². The Hall–Kier alpha value is 1.90. The first-order valence-electron chi connectivity index (χ1n) is 0.169.